The number of amides is 1. The van der Waals surface area contributed by atoms with E-state index in [4.69, 9.17) is 4.74 Å². The molecule has 35 heavy (non-hydrogen) atoms. The van der Waals surface area contributed by atoms with Gasteiger partial charge in [0.05, 0.1) is 12.3 Å². The molecule has 1 N–H and O–H groups in total. The van der Waals surface area contributed by atoms with Gasteiger partial charge in [-0.25, -0.2) is 18.5 Å². The van der Waals surface area contributed by atoms with E-state index in [1.807, 2.05) is 0 Å². The molecule has 0 spiro atoms. The second-order valence-electron chi connectivity index (χ2n) is 7.50. The summed E-state index contributed by atoms with van der Waals surface area (Å²) in [6, 6.07) is 19.4. The normalized spacial score (nSPS) is 10.9. The number of fused-ring (bicyclic) bond motifs is 1. The van der Waals surface area contributed by atoms with Crippen LogP contribution < -0.4 is 5.32 Å². The lowest BCUT2D eigenvalue weighted by Crippen LogP contribution is -2.12. The number of carbonyl (C=O) groups is 2. The number of hydrogen-bond acceptors (Lipinski definition) is 7. The molecule has 0 unspecified atom stereocenters. The van der Waals surface area contributed by atoms with Gasteiger partial charge in [-0.05, 0) is 65.8 Å². The Morgan fingerprint density at radius 1 is 1.00 bits per heavy atom. The number of halogens is 1. The van der Waals surface area contributed by atoms with Gasteiger partial charge in [-0.15, -0.1) is 0 Å². The Bertz CT molecular complexity index is 1560. The van der Waals surface area contributed by atoms with E-state index in [0.717, 1.165) is 0 Å². The second kappa shape index (κ2) is 9.18. The van der Waals surface area contributed by atoms with Crippen molar-refractivity contribution in [3.63, 3.8) is 0 Å². The van der Waals surface area contributed by atoms with Crippen molar-refractivity contribution < 1.29 is 23.3 Å². The van der Waals surface area contributed by atoms with Crippen LogP contribution in [-0.4, -0.2) is 38.6 Å². The topological polar surface area (TPSA) is 112 Å². The average molecular weight is 471 g/mol. The van der Waals surface area contributed by atoms with Crippen LogP contribution in [-0.2, 0) is 4.74 Å². The fourth-order valence-corrected chi connectivity index (χ4v) is 3.58. The summed E-state index contributed by atoms with van der Waals surface area (Å²) in [5, 5.41) is 14.6. The number of rotatable bonds is 6. The lowest BCUT2D eigenvalue weighted by molar-refractivity contribution is 0.0518. The highest BCUT2D eigenvalue weighted by Crippen LogP contribution is 2.28. The first-order valence-corrected chi connectivity index (χ1v) is 10.7. The number of nitrogens with zero attached hydrogens (tertiary/aromatic N) is 4. The molecule has 2 aromatic heterocycles. The van der Waals surface area contributed by atoms with Gasteiger partial charge in [0, 0.05) is 16.8 Å². The molecule has 2 heterocycles. The van der Waals surface area contributed by atoms with E-state index in [2.05, 4.69) is 25.4 Å². The number of carbonyl (C=O) groups excluding carboxylic acids is 2. The predicted molar refractivity (Wildman–Crippen MR) is 125 cm³/mol. The molecule has 0 saturated carbocycles. The molecule has 9 nitrogen and oxygen atoms in total. The molecule has 0 bridgehead atoms. The molecule has 0 aliphatic heterocycles. The van der Waals surface area contributed by atoms with Crippen molar-refractivity contribution in [3.8, 4) is 16.9 Å². The quantitative estimate of drug-likeness (QED) is 0.359. The van der Waals surface area contributed by atoms with Crippen molar-refractivity contribution in [3.05, 3.63) is 89.9 Å². The van der Waals surface area contributed by atoms with Crippen molar-refractivity contribution in [1.29, 1.82) is 0 Å². The van der Waals surface area contributed by atoms with E-state index < -0.39 is 11.8 Å². The van der Waals surface area contributed by atoms with Crippen LogP contribution in [0.2, 0.25) is 0 Å². The molecule has 1 amide bonds. The number of anilines is 1. The van der Waals surface area contributed by atoms with E-state index in [0.29, 0.717) is 33.5 Å². The summed E-state index contributed by atoms with van der Waals surface area (Å²) in [4.78, 5) is 25.1. The molecule has 0 atom stereocenters. The van der Waals surface area contributed by atoms with Crippen LogP contribution >= 0.6 is 0 Å². The highest BCUT2D eigenvalue weighted by Gasteiger charge is 2.20. The Balaban J connectivity index is 1.50. The molecule has 174 valence electrons. The van der Waals surface area contributed by atoms with Crippen LogP contribution in [0.3, 0.4) is 0 Å². The summed E-state index contributed by atoms with van der Waals surface area (Å²) >= 11 is 0. The van der Waals surface area contributed by atoms with E-state index in [-0.39, 0.29) is 23.9 Å². The first kappa shape index (κ1) is 22.0. The maximum Gasteiger partial charge on any atom is 0.358 e. The Morgan fingerprint density at radius 2 is 1.83 bits per heavy atom. The van der Waals surface area contributed by atoms with Crippen LogP contribution in [0.25, 0.3) is 28.0 Å². The van der Waals surface area contributed by atoms with Crippen molar-refractivity contribution >= 4 is 28.6 Å². The van der Waals surface area contributed by atoms with Crippen LogP contribution in [0, 0.1) is 5.82 Å². The molecule has 10 heteroatoms. The Kier molecular flexibility index (Phi) is 5.76. The number of nitrogens with one attached hydrogen (secondary N) is 1. The minimum absolute atomic E-state index is 0.0362. The van der Waals surface area contributed by atoms with E-state index >= 15 is 0 Å². The van der Waals surface area contributed by atoms with Gasteiger partial charge in [0.15, 0.2) is 5.69 Å². The standard InChI is InChI=1S/C25H18FN5O4/c1-2-34-25(33)21-14-23(31(28-21)22-9-4-3-8-18(22)26)15-6-5-7-17(12-15)27-24(32)16-10-11-19-20(13-16)30-35-29-19/h3-14H,2H2,1H3,(H,27,32). The van der Waals surface area contributed by atoms with Crippen molar-refractivity contribution in [2.45, 2.75) is 6.92 Å². The zero-order valence-corrected chi connectivity index (χ0v) is 18.4. The third-order valence-electron chi connectivity index (χ3n) is 5.21. The number of aromatic nitrogens is 4. The lowest BCUT2D eigenvalue weighted by Gasteiger charge is -2.10. The monoisotopic (exact) mass is 471 g/mol. The van der Waals surface area contributed by atoms with Gasteiger partial charge in [0.2, 0.25) is 0 Å². The minimum Gasteiger partial charge on any atom is -0.461 e. The summed E-state index contributed by atoms with van der Waals surface area (Å²) in [6.07, 6.45) is 0. The van der Waals surface area contributed by atoms with Gasteiger partial charge in [-0.1, -0.05) is 24.3 Å². The molecule has 3 aromatic carbocycles. The van der Waals surface area contributed by atoms with Crippen molar-refractivity contribution in [2.24, 2.45) is 0 Å². The average Bonchev–Trinajstić information content (AvgIpc) is 3.52. The molecule has 0 aliphatic carbocycles. The highest BCUT2D eigenvalue weighted by atomic mass is 19.1. The van der Waals surface area contributed by atoms with Crippen LogP contribution in [0.4, 0.5) is 10.1 Å². The molecule has 5 rings (SSSR count). The third-order valence-corrected chi connectivity index (χ3v) is 5.21. The van der Waals surface area contributed by atoms with E-state index in [1.54, 1.807) is 67.6 Å². The number of hydrogen-bond donors (Lipinski definition) is 1. The largest absolute Gasteiger partial charge is 0.461 e. The number of para-hydroxylation sites is 1. The number of esters is 1. The van der Waals surface area contributed by atoms with Gasteiger partial charge < -0.3 is 10.1 Å². The predicted octanol–water partition coefficient (Wildman–Crippen LogP) is 4.64. The van der Waals surface area contributed by atoms with Gasteiger partial charge in [0.25, 0.3) is 5.91 Å². The van der Waals surface area contributed by atoms with E-state index in [1.165, 1.54) is 16.8 Å². The lowest BCUT2D eigenvalue weighted by atomic mass is 10.1. The van der Waals surface area contributed by atoms with Crippen molar-refractivity contribution in [1.82, 2.24) is 20.1 Å². The molecular weight excluding hydrogens is 453 g/mol. The Morgan fingerprint density at radius 3 is 2.66 bits per heavy atom. The first-order valence-electron chi connectivity index (χ1n) is 10.7. The van der Waals surface area contributed by atoms with E-state index in [9.17, 15) is 14.0 Å². The molecule has 0 aliphatic rings. The number of ether oxygens (including phenoxy) is 1. The van der Waals surface area contributed by atoms with Gasteiger partial charge >= 0.3 is 5.97 Å². The van der Waals surface area contributed by atoms with Crippen molar-refractivity contribution in [2.75, 3.05) is 11.9 Å². The first-order chi connectivity index (χ1) is 17.0. The zero-order valence-electron chi connectivity index (χ0n) is 18.4. The maximum atomic E-state index is 14.6. The molecule has 0 radical (unpaired) electrons. The summed E-state index contributed by atoms with van der Waals surface area (Å²) < 4.78 is 25.7. The summed E-state index contributed by atoms with van der Waals surface area (Å²) in [5.74, 6) is -1.48. The fraction of sp³-hybridized carbons (Fsp3) is 0.0800. The van der Waals surface area contributed by atoms with Crippen LogP contribution in [0.1, 0.15) is 27.8 Å². The van der Waals surface area contributed by atoms with Crippen LogP contribution in [0.5, 0.6) is 0 Å². The summed E-state index contributed by atoms with van der Waals surface area (Å²) in [6.45, 7) is 1.87. The molecular formula is C25H18FN5O4. The smallest absolute Gasteiger partial charge is 0.358 e. The van der Waals surface area contributed by atoms with Crippen LogP contribution in [0.15, 0.2) is 77.4 Å². The maximum absolute atomic E-state index is 14.6. The van der Waals surface area contributed by atoms with Gasteiger partial charge in [-0.3, -0.25) is 4.79 Å². The summed E-state index contributed by atoms with van der Waals surface area (Å²) in [7, 11) is 0. The Hall–Kier alpha value is -4.86. The molecule has 0 saturated heterocycles. The Labute approximate surface area is 198 Å². The SMILES string of the molecule is CCOC(=O)c1cc(-c2cccc(NC(=O)c3ccc4nonc4c3)c2)n(-c2ccccc2F)n1. The molecule has 5 aromatic rings. The minimum atomic E-state index is -0.619. The van der Waals surface area contributed by atoms with Gasteiger partial charge in [-0.2, -0.15) is 5.10 Å². The second-order valence-corrected chi connectivity index (χ2v) is 7.50. The zero-order chi connectivity index (χ0) is 24.4. The van der Waals surface area contributed by atoms with Gasteiger partial charge in [0.1, 0.15) is 22.5 Å². The summed E-state index contributed by atoms with van der Waals surface area (Å²) in [5.41, 5.74) is 3.13. The number of benzene rings is 3. The fourth-order valence-electron chi connectivity index (χ4n) is 3.58. The highest BCUT2D eigenvalue weighted by molar-refractivity contribution is 6.06. The molecule has 0 fully saturated rings. The third kappa shape index (κ3) is 4.36.